The van der Waals surface area contributed by atoms with E-state index in [2.05, 4.69) is 0 Å². The number of amides is 1. The molecule has 1 saturated heterocycles. The minimum Gasteiger partial charge on any atom is -0.381 e. The summed E-state index contributed by atoms with van der Waals surface area (Å²) >= 11 is 0. The Hall–Kier alpha value is -0.610. The van der Waals surface area contributed by atoms with E-state index in [1.807, 2.05) is 18.7 Å². The van der Waals surface area contributed by atoms with E-state index in [0.717, 1.165) is 39.0 Å². The van der Waals surface area contributed by atoms with Gasteiger partial charge in [0.2, 0.25) is 5.91 Å². The predicted octanol–water partition coefficient (Wildman–Crippen LogP) is 1.44. The van der Waals surface area contributed by atoms with Crippen molar-refractivity contribution in [3.05, 3.63) is 0 Å². The van der Waals surface area contributed by atoms with E-state index in [1.165, 1.54) is 0 Å². The van der Waals surface area contributed by atoms with Crippen molar-refractivity contribution in [2.24, 2.45) is 5.92 Å². The van der Waals surface area contributed by atoms with Gasteiger partial charge in [0.15, 0.2) is 0 Å². The van der Waals surface area contributed by atoms with E-state index in [0.29, 0.717) is 12.0 Å². The Bertz CT molecular complexity index is 257. The summed E-state index contributed by atoms with van der Waals surface area (Å²) in [4.78, 5) is 14.1. The van der Waals surface area contributed by atoms with E-state index in [1.54, 1.807) is 0 Å². The van der Waals surface area contributed by atoms with E-state index < -0.39 is 0 Å². The first-order valence-electron chi connectivity index (χ1n) is 6.65. The predicted molar refractivity (Wildman–Crippen MR) is 64.7 cm³/mol. The molecule has 2 fully saturated rings. The lowest BCUT2D eigenvalue weighted by Gasteiger charge is -2.25. The van der Waals surface area contributed by atoms with Crippen LogP contribution >= 0.6 is 0 Å². The first kappa shape index (κ1) is 12.8. The van der Waals surface area contributed by atoms with Gasteiger partial charge in [0.25, 0.3) is 0 Å². The second-order valence-corrected chi connectivity index (χ2v) is 5.37. The van der Waals surface area contributed by atoms with E-state index >= 15 is 0 Å². The fourth-order valence-corrected chi connectivity index (χ4v) is 2.17. The number of rotatable bonds is 6. The smallest absolute Gasteiger partial charge is 0.248 e. The number of carbonyl (C=O) groups excluding carboxylic acids is 1. The normalized spacial score (nSPS) is 24.3. The molecule has 0 aromatic rings. The van der Waals surface area contributed by atoms with Crippen LogP contribution in [0.25, 0.3) is 0 Å². The Kier molecular flexibility index (Phi) is 4.40. The summed E-state index contributed by atoms with van der Waals surface area (Å²) in [5.41, 5.74) is 0. The van der Waals surface area contributed by atoms with Crippen LogP contribution < -0.4 is 0 Å². The van der Waals surface area contributed by atoms with Gasteiger partial charge >= 0.3 is 0 Å². The second kappa shape index (κ2) is 5.83. The van der Waals surface area contributed by atoms with Gasteiger partial charge in [0.05, 0.1) is 12.7 Å². The summed E-state index contributed by atoms with van der Waals surface area (Å²) in [6, 6.07) is 0.471. The Balaban J connectivity index is 1.80. The summed E-state index contributed by atoms with van der Waals surface area (Å²) < 4.78 is 10.8. The van der Waals surface area contributed by atoms with Crippen molar-refractivity contribution in [3.8, 4) is 0 Å². The van der Waals surface area contributed by atoms with Crippen LogP contribution in [0.15, 0.2) is 0 Å². The molecule has 4 nitrogen and oxygen atoms in total. The number of nitrogens with zero attached hydrogens (tertiary/aromatic N) is 1. The van der Waals surface area contributed by atoms with Gasteiger partial charge in [-0.1, -0.05) is 0 Å². The third-order valence-electron chi connectivity index (χ3n) is 3.33. The highest BCUT2D eigenvalue weighted by Gasteiger charge is 2.34. The molecule has 2 rings (SSSR count). The quantitative estimate of drug-likeness (QED) is 0.706. The molecule has 17 heavy (non-hydrogen) atoms. The fourth-order valence-electron chi connectivity index (χ4n) is 2.17. The van der Waals surface area contributed by atoms with Crippen LogP contribution in [0.4, 0.5) is 0 Å². The first-order chi connectivity index (χ1) is 8.16. The van der Waals surface area contributed by atoms with E-state index in [4.69, 9.17) is 9.47 Å². The maximum absolute atomic E-state index is 12.1. The molecule has 0 bridgehead atoms. The zero-order valence-corrected chi connectivity index (χ0v) is 10.9. The molecule has 1 amide bonds. The largest absolute Gasteiger partial charge is 0.381 e. The van der Waals surface area contributed by atoms with Crippen LogP contribution in [0.5, 0.6) is 0 Å². The van der Waals surface area contributed by atoms with Crippen molar-refractivity contribution in [1.82, 2.24) is 4.90 Å². The van der Waals surface area contributed by atoms with Crippen molar-refractivity contribution in [2.75, 3.05) is 26.4 Å². The van der Waals surface area contributed by atoms with Gasteiger partial charge < -0.3 is 14.4 Å². The highest BCUT2D eigenvalue weighted by molar-refractivity contribution is 5.78. The summed E-state index contributed by atoms with van der Waals surface area (Å²) in [5, 5.41) is 0. The Morgan fingerprint density at radius 2 is 2.18 bits per heavy atom. The topological polar surface area (TPSA) is 38.8 Å². The summed E-state index contributed by atoms with van der Waals surface area (Å²) in [6.07, 6.45) is 3.51. The molecule has 1 unspecified atom stereocenters. The molecule has 2 aliphatic rings. The van der Waals surface area contributed by atoms with Gasteiger partial charge in [-0.25, -0.2) is 0 Å². The molecule has 1 aliphatic carbocycles. The minimum absolute atomic E-state index is 0.120. The third kappa shape index (κ3) is 3.96. The van der Waals surface area contributed by atoms with Crippen LogP contribution in [0.2, 0.25) is 0 Å². The summed E-state index contributed by atoms with van der Waals surface area (Å²) in [5.74, 6) is 0.673. The number of ether oxygens (including phenoxy) is 2. The molecule has 4 heteroatoms. The highest BCUT2D eigenvalue weighted by atomic mass is 16.5. The standard InChI is InChI=1S/C13H23NO3/c1-10(2)17-9-13(15)14(12-3-4-12)7-11-5-6-16-8-11/h10-12H,3-9H2,1-2H3. The molecular weight excluding hydrogens is 218 g/mol. The average molecular weight is 241 g/mol. The van der Waals surface area contributed by atoms with Crippen molar-refractivity contribution in [3.63, 3.8) is 0 Å². The molecule has 0 aromatic heterocycles. The average Bonchev–Trinajstić information content (AvgIpc) is 3.00. The molecular formula is C13H23NO3. The lowest BCUT2D eigenvalue weighted by Crippen LogP contribution is -2.40. The molecule has 1 atom stereocenters. The molecule has 1 aliphatic heterocycles. The van der Waals surface area contributed by atoms with E-state index in [-0.39, 0.29) is 18.6 Å². The van der Waals surface area contributed by atoms with Gasteiger partial charge in [-0.05, 0) is 33.1 Å². The van der Waals surface area contributed by atoms with Gasteiger partial charge in [-0.15, -0.1) is 0 Å². The molecule has 1 heterocycles. The lowest BCUT2D eigenvalue weighted by atomic mass is 10.1. The van der Waals surface area contributed by atoms with Crippen molar-refractivity contribution in [2.45, 2.75) is 45.3 Å². The SMILES string of the molecule is CC(C)OCC(=O)N(CC1CCOC1)C1CC1. The molecule has 0 N–H and O–H groups in total. The maximum atomic E-state index is 12.1. The summed E-state index contributed by atoms with van der Waals surface area (Å²) in [6.45, 7) is 6.65. The highest BCUT2D eigenvalue weighted by Crippen LogP contribution is 2.29. The Morgan fingerprint density at radius 1 is 1.41 bits per heavy atom. The van der Waals surface area contributed by atoms with E-state index in [9.17, 15) is 4.79 Å². The number of carbonyl (C=O) groups is 1. The molecule has 0 aromatic carbocycles. The maximum Gasteiger partial charge on any atom is 0.248 e. The first-order valence-corrected chi connectivity index (χ1v) is 6.65. The second-order valence-electron chi connectivity index (χ2n) is 5.37. The Morgan fingerprint density at radius 3 is 2.71 bits per heavy atom. The van der Waals surface area contributed by atoms with Gasteiger partial charge in [0.1, 0.15) is 6.61 Å². The molecule has 1 saturated carbocycles. The Labute approximate surface area is 103 Å². The fraction of sp³-hybridized carbons (Fsp3) is 0.923. The number of hydrogen-bond acceptors (Lipinski definition) is 3. The minimum atomic E-state index is 0.120. The van der Waals surface area contributed by atoms with Crippen LogP contribution in [0.1, 0.15) is 33.1 Å². The molecule has 0 radical (unpaired) electrons. The van der Waals surface area contributed by atoms with Crippen LogP contribution in [-0.2, 0) is 14.3 Å². The van der Waals surface area contributed by atoms with Gasteiger partial charge in [0, 0.05) is 25.1 Å². The van der Waals surface area contributed by atoms with Gasteiger partial charge in [-0.2, -0.15) is 0 Å². The zero-order valence-electron chi connectivity index (χ0n) is 10.9. The molecule has 98 valence electrons. The van der Waals surface area contributed by atoms with Crippen LogP contribution in [-0.4, -0.2) is 49.3 Å². The third-order valence-corrected chi connectivity index (χ3v) is 3.33. The van der Waals surface area contributed by atoms with Crippen molar-refractivity contribution < 1.29 is 14.3 Å². The van der Waals surface area contributed by atoms with Gasteiger partial charge in [-0.3, -0.25) is 4.79 Å². The van der Waals surface area contributed by atoms with Crippen LogP contribution in [0.3, 0.4) is 0 Å². The summed E-state index contributed by atoms with van der Waals surface area (Å²) in [7, 11) is 0. The monoisotopic (exact) mass is 241 g/mol. The molecule has 0 spiro atoms. The lowest BCUT2D eigenvalue weighted by molar-refractivity contribution is -0.138. The zero-order chi connectivity index (χ0) is 12.3. The number of hydrogen-bond donors (Lipinski definition) is 0. The van der Waals surface area contributed by atoms with Crippen LogP contribution in [0, 0.1) is 5.92 Å². The van der Waals surface area contributed by atoms with Crippen molar-refractivity contribution >= 4 is 5.91 Å². The van der Waals surface area contributed by atoms with Crippen molar-refractivity contribution in [1.29, 1.82) is 0 Å².